The molecule has 0 saturated carbocycles. The Hall–Kier alpha value is -2.71. The Balaban J connectivity index is 1.83. The second-order valence-corrected chi connectivity index (χ2v) is 9.05. The molecule has 3 rings (SSSR count). The van der Waals surface area contributed by atoms with Crippen molar-refractivity contribution in [3.8, 4) is 5.75 Å². The second-order valence-electron chi connectivity index (χ2n) is 5.94. The number of ether oxygens (including phenoxy) is 1. The second kappa shape index (κ2) is 8.53. The topological polar surface area (TPSA) is 72.5 Å². The minimum Gasteiger partial charge on any atom is -0.497 e. The number of thiophene rings is 1. The van der Waals surface area contributed by atoms with Crippen molar-refractivity contribution in [3.63, 3.8) is 0 Å². The van der Waals surface area contributed by atoms with Crippen molar-refractivity contribution in [2.75, 3.05) is 13.7 Å². The van der Waals surface area contributed by atoms with Gasteiger partial charge in [-0.1, -0.05) is 6.07 Å². The van der Waals surface area contributed by atoms with Gasteiger partial charge in [0.1, 0.15) is 16.8 Å². The van der Waals surface area contributed by atoms with Crippen LogP contribution in [0.5, 0.6) is 5.75 Å². The number of rotatable bonds is 7. The van der Waals surface area contributed by atoms with Gasteiger partial charge in [0.05, 0.1) is 12.0 Å². The molecule has 0 spiro atoms. The molecule has 146 valence electrons. The number of carbonyl (C=O) groups is 1. The maximum absolute atomic E-state index is 13.2. The molecule has 1 aromatic heterocycles. The maximum Gasteiger partial charge on any atom is 0.251 e. The summed E-state index contributed by atoms with van der Waals surface area (Å²) in [6.45, 7) is -0.106. The SMILES string of the molecule is COc1ccc(C(=O)NCC(c2cccs2)S(=O)(=O)c2ccc(F)cc2)cc1. The number of nitrogens with one attached hydrogen (secondary N) is 1. The van der Waals surface area contributed by atoms with Gasteiger partial charge >= 0.3 is 0 Å². The van der Waals surface area contributed by atoms with Crippen LogP contribution in [0.15, 0.2) is 70.9 Å². The molecule has 1 atom stereocenters. The standard InChI is InChI=1S/C20H18FNO4S2/c1-26-16-8-4-14(5-9-16)20(23)22-13-19(18-3-2-12-27-18)28(24,25)17-10-6-15(21)7-11-17/h2-12,19H,13H2,1H3,(H,22,23). The van der Waals surface area contributed by atoms with Crippen LogP contribution >= 0.6 is 11.3 Å². The van der Waals surface area contributed by atoms with Gasteiger partial charge in [-0.15, -0.1) is 11.3 Å². The fraction of sp³-hybridized carbons (Fsp3) is 0.150. The number of sulfone groups is 1. The van der Waals surface area contributed by atoms with Gasteiger partial charge in [0.2, 0.25) is 0 Å². The van der Waals surface area contributed by atoms with Gasteiger partial charge in [0.15, 0.2) is 9.84 Å². The van der Waals surface area contributed by atoms with E-state index in [0.717, 1.165) is 12.1 Å². The molecule has 5 nitrogen and oxygen atoms in total. The molecule has 0 saturated heterocycles. The average Bonchev–Trinajstić information content (AvgIpc) is 3.22. The summed E-state index contributed by atoms with van der Waals surface area (Å²) in [6, 6.07) is 14.6. The van der Waals surface area contributed by atoms with E-state index in [-0.39, 0.29) is 11.4 Å². The van der Waals surface area contributed by atoms with Crippen molar-refractivity contribution < 1.29 is 22.3 Å². The molecule has 1 N–H and O–H groups in total. The number of amides is 1. The van der Waals surface area contributed by atoms with Crippen LogP contribution in [0, 0.1) is 5.82 Å². The van der Waals surface area contributed by atoms with Crippen molar-refractivity contribution in [1.29, 1.82) is 0 Å². The van der Waals surface area contributed by atoms with Crippen LogP contribution < -0.4 is 10.1 Å². The number of hydrogen-bond acceptors (Lipinski definition) is 5. The van der Waals surface area contributed by atoms with Gasteiger partial charge in [0.25, 0.3) is 5.91 Å². The van der Waals surface area contributed by atoms with Crippen molar-refractivity contribution in [1.82, 2.24) is 5.32 Å². The zero-order chi connectivity index (χ0) is 20.1. The van der Waals surface area contributed by atoms with Crippen LogP contribution in [-0.4, -0.2) is 28.0 Å². The molecular formula is C20H18FNO4S2. The van der Waals surface area contributed by atoms with E-state index < -0.39 is 26.8 Å². The summed E-state index contributed by atoms with van der Waals surface area (Å²) in [7, 11) is -2.29. The highest BCUT2D eigenvalue weighted by molar-refractivity contribution is 7.91. The number of methoxy groups -OCH3 is 1. The number of benzene rings is 2. The number of hydrogen-bond donors (Lipinski definition) is 1. The van der Waals surface area contributed by atoms with Crippen LogP contribution in [0.1, 0.15) is 20.5 Å². The first-order valence-corrected chi connectivity index (χ1v) is 10.8. The van der Waals surface area contributed by atoms with E-state index in [1.165, 1.54) is 30.6 Å². The van der Waals surface area contributed by atoms with E-state index in [4.69, 9.17) is 4.74 Å². The van der Waals surface area contributed by atoms with Crippen molar-refractivity contribution >= 4 is 27.1 Å². The first-order chi connectivity index (χ1) is 13.4. The normalized spacial score (nSPS) is 12.4. The lowest BCUT2D eigenvalue weighted by atomic mass is 10.2. The molecular weight excluding hydrogens is 401 g/mol. The first kappa shape index (κ1) is 20.0. The summed E-state index contributed by atoms with van der Waals surface area (Å²) in [5.41, 5.74) is 0.393. The Kier molecular flexibility index (Phi) is 6.11. The molecule has 0 aliphatic carbocycles. The number of carbonyl (C=O) groups excluding carboxylic acids is 1. The molecule has 1 unspecified atom stereocenters. The predicted molar refractivity (Wildman–Crippen MR) is 106 cm³/mol. The molecule has 0 fully saturated rings. The number of halogens is 1. The third kappa shape index (κ3) is 4.40. The first-order valence-electron chi connectivity index (χ1n) is 8.37. The van der Waals surface area contributed by atoms with Gasteiger partial charge in [-0.25, -0.2) is 12.8 Å². The largest absolute Gasteiger partial charge is 0.497 e. The van der Waals surface area contributed by atoms with E-state index in [0.29, 0.717) is 16.2 Å². The average molecular weight is 419 g/mol. The summed E-state index contributed by atoms with van der Waals surface area (Å²) in [4.78, 5) is 13.0. The van der Waals surface area contributed by atoms with Crippen molar-refractivity contribution in [2.45, 2.75) is 10.1 Å². The Morgan fingerprint density at radius 2 is 1.79 bits per heavy atom. The fourth-order valence-electron chi connectivity index (χ4n) is 2.66. The van der Waals surface area contributed by atoms with Crippen LogP contribution in [-0.2, 0) is 9.84 Å². The van der Waals surface area contributed by atoms with Crippen LogP contribution in [0.25, 0.3) is 0 Å². The molecule has 3 aromatic rings. The molecule has 8 heteroatoms. The fourth-order valence-corrected chi connectivity index (χ4v) is 5.44. The molecule has 1 amide bonds. The van der Waals surface area contributed by atoms with Gasteiger partial charge in [-0.05, 0) is 60.0 Å². The third-order valence-corrected chi connectivity index (χ3v) is 7.41. The third-order valence-electron chi connectivity index (χ3n) is 4.18. The lowest BCUT2D eigenvalue weighted by Gasteiger charge is -2.17. The van der Waals surface area contributed by atoms with Crippen LogP contribution in [0.4, 0.5) is 4.39 Å². The Morgan fingerprint density at radius 3 is 2.36 bits per heavy atom. The smallest absolute Gasteiger partial charge is 0.251 e. The zero-order valence-electron chi connectivity index (χ0n) is 15.0. The quantitative estimate of drug-likeness (QED) is 0.591. The minimum atomic E-state index is -3.82. The molecule has 0 bridgehead atoms. The molecule has 0 aliphatic heterocycles. The van der Waals surface area contributed by atoms with Crippen LogP contribution in [0.2, 0.25) is 0 Å². The summed E-state index contributed by atoms with van der Waals surface area (Å²) < 4.78 is 44.4. The minimum absolute atomic E-state index is 0.00555. The lowest BCUT2D eigenvalue weighted by Crippen LogP contribution is -2.31. The van der Waals surface area contributed by atoms with E-state index in [1.807, 2.05) is 0 Å². The molecule has 28 heavy (non-hydrogen) atoms. The molecule has 0 radical (unpaired) electrons. The van der Waals surface area contributed by atoms with Gasteiger partial charge in [0, 0.05) is 17.0 Å². The van der Waals surface area contributed by atoms with E-state index >= 15 is 0 Å². The van der Waals surface area contributed by atoms with Crippen LogP contribution in [0.3, 0.4) is 0 Å². The highest BCUT2D eigenvalue weighted by Gasteiger charge is 2.30. The Morgan fingerprint density at radius 1 is 1.11 bits per heavy atom. The Labute approximate surface area is 166 Å². The van der Waals surface area contributed by atoms with Crippen molar-refractivity contribution in [2.24, 2.45) is 0 Å². The monoisotopic (exact) mass is 419 g/mol. The van der Waals surface area contributed by atoms with Gasteiger partial charge in [-0.2, -0.15) is 0 Å². The summed E-state index contributed by atoms with van der Waals surface area (Å²) in [5.74, 6) is -0.287. The van der Waals surface area contributed by atoms with Gasteiger partial charge < -0.3 is 10.1 Å². The summed E-state index contributed by atoms with van der Waals surface area (Å²) >= 11 is 1.29. The molecule has 0 aliphatic rings. The molecule has 2 aromatic carbocycles. The van der Waals surface area contributed by atoms with E-state index in [9.17, 15) is 17.6 Å². The zero-order valence-corrected chi connectivity index (χ0v) is 16.6. The summed E-state index contributed by atoms with van der Waals surface area (Å²) in [5, 5.41) is 3.49. The van der Waals surface area contributed by atoms with Crippen molar-refractivity contribution in [3.05, 3.63) is 82.3 Å². The molecule has 1 heterocycles. The lowest BCUT2D eigenvalue weighted by molar-refractivity contribution is 0.0953. The van der Waals surface area contributed by atoms with E-state index in [1.54, 1.807) is 41.8 Å². The Bertz CT molecular complexity index is 1030. The summed E-state index contributed by atoms with van der Waals surface area (Å²) in [6.07, 6.45) is 0. The predicted octanol–water partition coefficient (Wildman–Crippen LogP) is 3.84. The van der Waals surface area contributed by atoms with Gasteiger partial charge in [-0.3, -0.25) is 4.79 Å². The van der Waals surface area contributed by atoms with E-state index in [2.05, 4.69) is 5.32 Å². The maximum atomic E-state index is 13.2. The highest BCUT2D eigenvalue weighted by Crippen LogP contribution is 2.31. The highest BCUT2D eigenvalue weighted by atomic mass is 32.2.